The molecule has 6 heteroatoms. The molecule has 0 saturated carbocycles. The number of ether oxygens (including phenoxy) is 1. The maximum atomic E-state index is 12.5. The van der Waals surface area contributed by atoms with Gasteiger partial charge in [-0.25, -0.2) is 8.42 Å². The minimum absolute atomic E-state index is 0.0920. The molecule has 1 aromatic carbocycles. The second kappa shape index (κ2) is 8.36. The third-order valence-electron chi connectivity index (χ3n) is 3.09. The average Bonchev–Trinajstić information content (AvgIpc) is 2.45. The van der Waals surface area contributed by atoms with Crippen LogP contribution >= 0.6 is 0 Å². The largest absolute Gasteiger partial charge is 0.494 e. The summed E-state index contributed by atoms with van der Waals surface area (Å²) < 4.78 is 31.8. The molecule has 1 aromatic rings. The van der Waals surface area contributed by atoms with Crippen molar-refractivity contribution in [1.29, 1.82) is 0 Å². The Labute approximate surface area is 127 Å². The molecule has 0 heterocycles. The lowest BCUT2D eigenvalue weighted by Gasteiger charge is -2.25. The summed E-state index contributed by atoms with van der Waals surface area (Å²) in [5.41, 5.74) is 0. The molecule has 0 atom stereocenters. The highest BCUT2D eigenvalue weighted by Gasteiger charge is 2.26. The molecule has 0 radical (unpaired) electrons. The summed E-state index contributed by atoms with van der Waals surface area (Å²) in [5, 5.41) is 9.03. The maximum Gasteiger partial charge on any atom is 0.243 e. The summed E-state index contributed by atoms with van der Waals surface area (Å²) in [5.74, 6) is 0.667. The zero-order valence-corrected chi connectivity index (χ0v) is 13.8. The van der Waals surface area contributed by atoms with Gasteiger partial charge >= 0.3 is 0 Å². The van der Waals surface area contributed by atoms with Crippen LogP contribution in [0.2, 0.25) is 0 Å². The first-order valence-corrected chi connectivity index (χ1v) is 8.73. The van der Waals surface area contributed by atoms with Crippen LogP contribution in [-0.4, -0.2) is 43.6 Å². The molecule has 0 unspecified atom stereocenters. The molecule has 120 valence electrons. The van der Waals surface area contributed by atoms with Gasteiger partial charge in [0.05, 0.1) is 18.1 Å². The first-order valence-electron chi connectivity index (χ1n) is 7.29. The van der Waals surface area contributed by atoms with Crippen molar-refractivity contribution in [1.82, 2.24) is 4.31 Å². The van der Waals surface area contributed by atoms with Crippen LogP contribution in [0, 0.1) is 0 Å². The lowest BCUT2D eigenvalue weighted by atomic mass is 10.3. The number of hydrogen-bond acceptors (Lipinski definition) is 4. The highest BCUT2D eigenvalue weighted by molar-refractivity contribution is 7.89. The van der Waals surface area contributed by atoms with E-state index in [4.69, 9.17) is 9.84 Å². The van der Waals surface area contributed by atoms with Crippen LogP contribution < -0.4 is 4.74 Å². The lowest BCUT2D eigenvalue weighted by molar-refractivity contribution is 0.236. The number of rotatable bonds is 9. The van der Waals surface area contributed by atoms with Crippen LogP contribution in [0.15, 0.2) is 29.2 Å². The number of benzene rings is 1. The van der Waals surface area contributed by atoms with Gasteiger partial charge < -0.3 is 9.84 Å². The van der Waals surface area contributed by atoms with E-state index < -0.39 is 10.0 Å². The Balaban J connectivity index is 2.88. The van der Waals surface area contributed by atoms with Gasteiger partial charge in [-0.3, -0.25) is 0 Å². The number of aliphatic hydroxyl groups excluding tert-OH is 1. The molecule has 5 nitrogen and oxygen atoms in total. The van der Waals surface area contributed by atoms with Gasteiger partial charge in [0.15, 0.2) is 0 Å². The van der Waals surface area contributed by atoms with Crippen LogP contribution in [0.4, 0.5) is 0 Å². The third-order valence-corrected chi connectivity index (χ3v) is 5.18. The molecule has 1 rings (SSSR count). The summed E-state index contributed by atoms with van der Waals surface area (Å²) in [6, 6.07) is 6.22. The summed E-state index contributed by atoms with van der Waals surface area (Å²) in [6.45, 7) is 6.18. The smallest absolute Gasteiger partial charge is 0.243 e. The van der Waals surface area contributed by atoms with E-state index >= 15 is 0 Å². The van der Waals surface area contributed by atoms with E-state index in [9.17, 15) is 8.42 Å². The van der Waals surface area contributed by atoms with Gasteiger partial charge in [-0.15, -0.1) is 0 Å². The summed E-state index contributed by atoms with van der Waals surface area (Å²) in [7, 11) is -3.59. The van der Waals surface area contributed by atoms with Crippen molar-refractivity contribution >= 4 is 10.0 Å². The fraction of sp³-hybridized carbons (Fsp3) is 0.600. The van der Waals surface area contributed by atoms with Gasteiger partial charge in [0.1, 0.15) is 5.75 Å². The SMILES string of the molecule is CCCCOc1ccc(S(=O)(=O)N(CCO)C(C)C)cc1. The average molecular weight is 315 g/mol. The third kappa shape index (κ3) is 4.98. The molecule has 0 aliphatic carbocycles. The minimum atomic E-state index is -3.59. The van der Waals surface area contributed by atoms with Crippen LogP contribution in [-0.2, 0) is 10.0 Å². The molecule has 0 aliphatic heterocycles. The van der Waals surface area contributed by atoms with E-state index in [1.54, 1.807) is 38.1 Å². The highest BCUT2D eigenvalue weighted by atomic mass is 32.2. The predicted molar refractivity (Wildman–Crippen MR) is 83.0 cm³/mol. The van der Waals surface area contributed by atoms with Crippen molar-refractivity contribution in [2.24, 2.45) is 0 Å². The van der Waals surface area contributed by atoms with Crippen molar-refractivity contribution in [2.75, 3.05) is 19.8 Å². The van der Waals surface area contributed by atoms with Gasteiger partial charge in [0, 0.05) is 12.6 Å². The first-order chi connectivity index (χ1) is 9.93. The normalized spacial score (nSPS) is 12.1. The Hall–Kier alpha value is -1.11. The van der Waals surface area contributed by atoms with E-state index in [0.717, 1.165) is 12.8 Å². The molecule has 0 saturated heterocycles. The minimum Gasteiger partial charge on any atom is -0.494 e. The fourth-order valence-corrected chi connectivity index (χ4v) is 3.56. The van der Waals surface area contributed by atoms with Crippen LogP contribution in [0.5, 0.6) is 5.75 Å². The topological polar surface area (TPSA) is 66.8 Å². The number of aliphatic hydroxyl groups is 1. The number of unbranched alkanes of at least 4 members (excludes halogenated alkanes) is 1. The second-order valence-corrected chi connectivity index (χ2v) is 7.00. The van der Waals surface area contributed by atoms with Crippen LogP contribution in [0.1, 0.15) is 33.6 Å². The molecule has 0 aliphatic rings. The zero-order valence-electron chi connectivity index (χ0n) is 12.9. The molecule has 0 bridgehead atoms. The molecule has 0 aromatic heterocycles. The standard InChI is InChI=1S/C15H25NO4S/c1-4-5-12-20-14-6-8-15(9-7-14)21(18,19)16(10-11-17)13(2)3/h6-9,13,17H,4-5,10-12H2,1-3H3. The summed E-state index contributed by atoms with van der Waals surface area (Å²) in [6.07, 6.45) is 2.02. The van der Waals surface area contributed by atoms with Gasteiger partial charge in [-0.2, -0.15) is 4.31 Å². The van der Waals surface area contributed by atoms with Crippen molar-refractivity contribution in [3.63, 3.8) is 0 Å². The number of hydrogen-bond donors (Lipinski definition) is 1. The zero-order chi connectivity index (χ0) is 15.9. The van der Waals surface area contributed by atoms with Gasteiger partial charge in [-0.05, 0) is 44.5 Å². The molecule has 21 heavy (non-hydrogen) atoms. The van der Waals surface area contributed by atoms with Gasteiger partial charge in [-0.1, -0.05) is 13.3 Å². The van der Waals surface area contributed by atoms with Gasteiger partial charge in [0.2, 0.25) is 10.0 Å². The fourth-order valence-electron chi connectivity index (χ4n) is 1.93. The molecular formula is C15H25NO4S. The predicted octanol–water partition coefficient (Wildman–Crippen LogP) is 2.26. The van der Waals surface area contributed by atoms with Crippen molar-refractivity contribution in [3.05, 3.63) is 24.3 Å². The Bertz CT molecular complexity index is 511. The number of nitrogens with zero attached hydrogens (tertiary/aromatic N) is 1. The molecule has 0 fully saturated rings. The van der Waals surface area contributed by atoms with Crippen LogP contribution in [0.25, 0.3) is 0 Å². The van der Waals surface area contributed by atoms with Crippen molar-refractivity contribution in [2.45, 2.75) is 44.6 Å². The van der Waals surface area contributed by atoms with E-state index in [-0.39, 0.29) is 24.1 Å². The van der Waals surface area contributed by atoms with Crippen LogP contribution in [0.3, 0.4) is 0 Å². The number of sulfonamides is 1. The first kappa shape index (κ1) is 17.9. The molecular weight excluding hydrogens is 290 g/mol. The second-order valence-electron chi connectivity index (χ2n) is 5.11. The highest BCUT2D eigenvalue weighted by Crippen LogP contribution is 2.21. The Morgan fingerprint density at radius 3 is 2.33 bits per heavy atom. The Morgan fingerprint density at radius 1 is 1.24 bits per heavy atom. The quantitative estimate of drug-likeness (QED) is 0.710. The molecule has 0 spiro atoms. The molecule has 0 amide bonds. The molecule has 1 N–H and O–H groups in total. The Kier molecular flexibility index (Phi) is 7.14. The van der Waals surface area contributed by atoms with Crippen molar-refractivity contribution < 1.29 is 18.3 Å². The summed E-state index contributed by atoms with van der Waals surface area (Å²) in [4.78, 5) is 0.215. The Morgan fingerprint density at radius 2 is 1.86 bits per heavy atom. The van der Waals surface area contributed by atoms with E-state index in [1.165, 1.54) is 4.31 Å². The van der Waals surface area contributed by atoms with E-state index in [2.05, 4.69) is 6.92 Å². The van der Waals surface area contributed by atoms with Gasteiger partial charge in [0.25, 0.3) is 0 Å². The maximum absolute atomic E-state index is 12.5. The van der Waals surface area contributed by atoms with E-state index in [0.29, 0.717) is 12.4 Å². The lowest BCUT2D eigenvalue weighted by Crippen LogP contribution is -2.38. The summed E-state index contributed by atoms with van der Waals surface area (Å²) >= 11 is 0. The van der Waals surface area contributed by atoms with Crippen molar-refractivity contribution in [3.8, 4) is 5.75 Å². The monoisotopic (exact) mass is 315 g/mol. The van der Waals surface area contributed by atoms with E-state index in [1.807, 2.05) is 0 Å².